The number of hydrogen-bond donors (Lipinski definition) is 6. The fraction of sp³-hybridized carbons (Fsp3) is 0.938. The normalized spacial score (nSPS) is 21.0. The highest BCUT2D eigenvalue weighted by Gasteiger charge is 2.44. The minimum atomic E-state index is -1.55. The highest BCUT2D eigenvalue weighted by Crippen LogP contribution is 2.23. The third-order valence-corrected chi connectivity index (χ3v) is 11.9. The second kappa shape index (κ2) is 39.1. The molecule has 338 valence electrons. The third-order valence-electron chi connectivity index (χ3n) is 11.9. The minimum absolute atomic E-state index is 0.146. The van der Waals surface area contributed by atoms with E-state index in [1.165, 1.54) is 161 Å². The summed E-state index contributed by atoms with van der Waals surface area (Å²) < 4.78 is 11.2. The number of ether oxygens (including phenoxy) is 2. The summed E-state index contributed by atoms with van der Waals surface area (Å²) in [6.45, 7) is 3.81. The van der Waals surface area contributed by atoms with E-state index in [0.717, 1.165) is 44.9 Å². The van der Waals surface area contributed by atoms with Gasteiger partial charge in [0.2, 0.25) is 5.91 Å². The van der Waals surface area contributed by atoms with Gasteiger partial charge in [-0.1, -0.05) is 199 Å². The second-order valence-electron chi connectivity index (χ2n) is 17.3. The number of aliphatic hydroxyl groups excluding tert-OH is 5. The molecule has 7 atom stereocenters. The molecule has 57 heavy (non-hydrogen) atoms. The van der Waals surface area contributed by atoms with Crippen LogP contribution in [0.3, 0.4) is 0 Å². The summed E-state index contributed by atoms with van der Waals surface area (Å²) in [4.78, 5) is 13.0. The van der Waals surface area contributed by atoms with Crippen LogP contribution in [-0.4, -0.2) is 87.5 Å². The Hall–Kier alpha value is -1.07. The van der Waals surface area contributed by atoms with Crippen molar-refractivity contribution in [1.82, 2.24) is 5.32 Å². The summed E-state index contributed by atoms with van der Waals surface area (Å²) in [5.41, 5.74) is 0. The maximum absolute atomic E-state index is 13.0. The van der Waals surface area contributed by atoms with Gasteiger partial charge in [0.15, 0.2) is 6.29 Å². The number of hydrogen-bond acceptors (Lipinski definition) is 8. The molecule has 0 aromatic carbocycles. The van der Waals surface area contributed by atoms with Crippen LogP contribution >= 0.6 is 0 Å². The van der Waals surface area contributed by atoms with E-state index in [1.807, 2.05) is 0 Å². The molecule has 1 aliphatic heterocycles. The van der Waals surface area contributed by atoms with Crippen molar-refractivity contribution in [2.24, 2.45) is 0 Å². The van der Waals surface area contributed by atoms with Crippen molar-refractivity contribution in [3.05, 3.63) is 12.2 Å². The lowest BCUT2D eigenvalue weighted by Crippen LogP contribution is -2.60. The van der Waals surface area contributed by atoms with E-state index >= 15 is 0 Å². The number of rotatable bonds is 41. The van der Waals surface area contributed by atoms with Gasteiger partial charge in [0.25, 0.3) is 0 Å². The molecule has 0 aliphatic carbocycles. The zero-order valence-electron chi connectivity index (χ0n) is 37.1. The van der Waals surface area contributed by atoms with Crippen molar-refractivity contribution in [2.75, 3.05) is 13.2 Å². The van der Waals surface area contributed by atoms with Crippen molar-refractivity contribution >= 4 is 5.91 Å². The van der Waals surface area contributed by atoms with E-state index in [9.17, 15) is 30.3 Å². The fourth-order valence-electron chi connectivity index (χ4n) is 7.92. The first-order chi connectivity index (χ1) is 27.8. The standard InChI is InChI=1S/C48H93NO8/c1-3-5-7-9-11-13-15-16-17-18-19-20-21-22-23-24-25-26-28-30-32-34-36-38-44(52)49-41(40-56-48-47(55)46(54)45(53)43(39-50)57-48)42(51)37-35-33-31-29-27-14-12-10-8-6-4-2/h27,29,41-43,45-48,50-51,53-55H,3-26,28,30-40H2,1-2H3,(H,49,52)/b29-27+/t41-,42+,43-,45-,46?,47?,48-/m0/s1. The summed E-state index contributed by atoms with van der Waals surface area (Å²) >= 11 is 0. The van der Waals surface area contributed by atoms with Crippen molar-refractivity contribution in [3.8, 4) is 0 Å². The van der Waals surface area contributed by atoms with E-state index in [0.29, 0.717) is 12.8 Å². The average molecular weight is 812 g/mol. The lowest BCUT2D eigenvalue weighted by Gasteiger charge is -2.40. The van der Waals surface area contributed by atoms with Crippen molar-refractivity contribution in [3.63, 3.8) is 0 Å². The lowest BCUT2D eigenvalue weighted by molar-refractivity contribution is -0.302. The van der Waals surface area contributed by atoms with Crippen LogP contribution in [0.2, 0.25) is 0 Å². The monoisotopic (exact) mass is 812 g/mol. The molecule has 1 aliphatic rings. The first kappa shape index (κ1) is 53.9. The molecule has 0 saturated carbocycles. The summed E-state index contributed by atoms with van der Waals surface area (Å²) in [5.74, 6) is -0.151. The molecule has 2 unspecified atom stereocenters. The SMILES string of the molecule is CCCCCCC/C=C/CCCC[C@@H](O)[C@H](CO[C@H]1O[C@@H](CO)[C@H](O)C(O)C1O)NC(=O)CCCCCCCCCCCCCCCCCCCCCCCCC. The molecule has 0 aromatic heterocycles. The second-order valence-corrected chi connectivity index (χ2v) is 17.3. The number of carbonyl (C=O) groups is 1. The van der Waals surface area contributed by atoms with Crippen LogP contribution in [0.4, 0.5) is 0 Å². The van der Waals surface area contributed by atoms with Gasteiger partial charge in [-0.3, -0.25) is 4.79 Å². The molecule has 0 aromatic rings. The third kappa shape index (κ3) is 29.7. The Morgan fingerprint density at radius 2 is 0.982 bits per heavy atom. The minimum Gasteiger partial charge on any atom is -0.394 e. The van der Waals surface area contributed by atoms with E-state index < -0.39 is 49.5 Å². The summed E-state index contributed by atoms with van der Waals surface area (Å²) in [5, 5.41) is 54.3. The average Bonchev–Trinajstić information content (AvgIpc) is 3.21. The number of amides is 1. The molecular formula is C48H93NO8. The molecular weight excluding hydrogens is 719 g/mol. The first-order valence-corrected chi connectivity index (χ1v) is 24.4. The Morgan fingerprint density at radius 1 is 0.579 bits per heavy atom. The van der Waals surface area contributed by atoms with Gasteiger partial charge < -0.3 is 40.3 Å². The maximum Gasteiger partial charge on any atom is 0.220 e. The summed E-state index contributed by atoms with van der Waals surface area (Å²) in [6, 6.07) is -0.729. The molecule has 1 saturated heterocycles. The van der Waals surface area contributed by atoms with Gasteiger partial charge in [-0.15, -0.1) is 0 Å². The van der Waals surface area contributed by atoms with Crippen LogP contribution < -0.4 is 5.32 Å². The van der Waals surface area contributed by atoms with Crippen molar-refractivity contribution < 1.29 is 39.8 Å². The van der Waals surface area contributed by atoms with E-state index in [2.05, 4.69) is 31.3 Å². The highest BCUT2D eigenvalue weighted by atomic mass is 16.7. The van der Waals surface area contributed by atoms with Gasteiger partial charge >= 0.3 is 0 Å². The number of allylic oxidation sites excluding steroid dienone is 2. The smallest absolute Gasteiger partial charge is 0.220 e. The molecule has 1 amide bonds. The Bertz CT molecular complexity index is 904. The van der Waals surface area contributed by atoms with Gasteiger partial charge in [-0.2, -0.15) is 0 Å². The lowest BCUT2D eigenvalue weighted by atomic mass is 9.99. The van der Waals surface area contributed by atoms with Crippen LogP contribution in [0.15, 0.2) is 12.2 Å². The predicted molar refractivity (Wildman–Crippen MR) is 235 cm³/mol. The molecule has 1 heterocycles. The molecule has 0 bridgehead atoms. The van der Waals surface area contributed by atoms with Crippen LogP contribution in [0.25, 0.3) is 0 Å². The number of nitrogens with one attached hydrogen (secondary N) is 1. The highest BCUT2D eigenvalue weighted by molar-refractivity contribution is 5.76. The Kier molecular flexibility index (Phi) is 37.0. The fourth-order valence-corrected chi connectivity index (χ4v) is 7.92. The van der Waals surface area contributed by atoms with Gasteiger partial charge in [-0.05, 0) is 38.5 Å². The first-order valence-electron chi connectivity index (χ1n) is 24.4. The van der Waals surface area contributed by atoms with E-state index in [-0.39, 0.29) is 12.5 Å². The van der Waals surface area contributed by atoms with Crippen LogP contribution in [0.1, 0.15) is 232 Å². The Morgan fingerprint density at radius 3 is 1.42 bits per heavy atom. The van der Waals surface area contributed by atoms with Crippen LogP contribution in [0, 0.1) is 0 Å². The van der Waals surface area contributed by atoms with Gasteiger partial charge in [0.1, 0.15) is 24.4 Å². The molecule has 9 nitrogen and oxygen atoms in total. The molecule has 9 heteroatoms. The summed E-state index contributed by atoms with van der Waals surface area (Å²) in [7, 11) is 0. The maximum atomic E-state index is 13.0. The summed E-state index contributed by atoms with van der Waals surface area (Å²) in [6.07, 6.45) is 38.1. The van der Waals surface area contributed by atoms with Gasteiger partial charge in [0, 0.05) is 6.42 Å². The number of carbonyl (C=O) groups excluding carboxylic acids is 1. The molecule has 0 radical (unpaired) electrons. The van der Waals surface area contributed by atoms with Gasteiger partial charge in [0.05, 0.1) is 25.4 Å². The predicted octanol–water partition coefficient (Wildman–Crippen LogP) is 10.5. The van der Waals surface area contributed by atoms with Crippen LogP contribution in [0.5, 0.6) is 0 Å². The zero-order valence-corrected chi connectivity index (χ0v) is 37.1. The van der Waals surface area contributed by atoms with Gasteiger partial charge in [-0.25, -0.2) is 0 Å². The Balaban J connectivity index is 2.22. The number of unbranched alkanes of at least 4 members (excludes halogenated alkanes) is 29. The largest absolute Gasteiger partial charge is 0.394 e. The molecule has 0 spiro atoms. The molecule has 1 rings (SSSR count). The van der Waals surface area contributed by atoms with Crippen LogP contribution in [-0.2, 0) is 14.3 Å². The topological polar surface area (TPSA) is 149 Å². The van der Waals surface area contributed by atoms with Crippen molar-refractivity contribution in [1.29, 1.82) is 0 Å². The number of aliphatic hydroxyl groups is 5. The molecule has 6 N–H and O–H groups in total. The zero-order chi connectivity index (χ0) is 41.6. The van der Waals surface area contributed by atoms with E-state index in [1.54, 1.807) is 0 Å². The molecule has 1 fully saturated rings. The Labute approximate surface area is 350 Å². The quantitative estimate of drug-likeness (QED) is 0.0264. The van der Waals surface area contributed by atoms with Crippen molar-refractivity contribution in [2.45, 2.75) is 275 Å². The van der Waals surface area contributed by atoms with E-state index in [4.69, 9.17) is 9.47 Å².